The number of hydrogen-bond donors (Lipinski definition) is 1. The highest BCUT2D eigenvalue weighted by atomic mass is 16.5. The van der Waals surface area contributed by atoms with Gasteiger partial charge in [0.2, 0.25) is 5.88 Å². The zero-order valence-corrected chi connectivity index (χ0v) is 15.1. The molecule has 1 heterocycles. The van der Waals surface area contributed by atoms with Gasteiger partial charge in [0.15, 0.2) is 5.78 Å². The highest BCUT2D eigenvalue weighted by molar-refractivity contribution is 6.00. The third-order valence-electron chi connectivity index (χ3n) is 4.82. The first-order valence-corrected chi connectivity index (χ1v) is 8.34. The number of nitriles is 1. The summed E-state index contributed by atoms with van der Waals surface area (Å²) in [6.07, 6.45) is 1.08. The number of carbonyl (C=O) groups is 1. The lowest BCUT2D eigenvalue weighted by molar-refractivity contribution is -0.119. The number of hydrogen-bond acceptors (Lipinski definition) is 5. The van der Waals surface area contributed by atoms with E-state index in [2.05, 4.69) is 6.07 Å². The van der Waals surface area contributed by atoms with Crippen molar-refractivity contribution in [1.82, 2.24) is 0 Å². The normalized spacial score (nSPS) is 22.2. The highest BCUT2D eigenvalue weighted by Gasteiger charge is 2.42. The predicted octanol–water partition coefficient (Wildman–Crippen LogP) is 3.20. The fourth-order valence-electron chi connectivity index (χ4n) is 3.58. The first-order valence-electron chi connectivity index (χ1n) is 8.34. The fourth-order valence-corrected chi connectivity index (χ4v) is 3.58. The first-order chi connectivity index (χ1) is 11.7. The lowest BCUT2D eigenvalue weighted by Crippen LogP contribution is -2.33. The summed E-state index contributed by atoms with van der Waals surface area (Å²) in [4.78, 5) is 14.9. The number of benzene rings is 1. The minimum atomic E-state index is -0.450. The van der Waals surface area contributed by atoms with Gasteiger partial charge in [0, 0.05) is 38.2 Å². The van der Waals surface area contributed by atoms with Crippen LogP contribution in [0, 0.1) is 16.7 Å². The molecule has 1 aliphatic carbocycles. The smallest absolute Gasteiger partial charge is 0.205 e. The molecule has 5 heteroatoms. The second kappa shape index (κ2) is 5.96. The summed E-state index contributed by atoms with van der Waals surface area (Å²) in [5, 5.41) is 9.61. The number of rotatable bonds is 2. The van der Waals surface area contributed by atoms with Crippen molar-refractivity contribution in [1.29, 1.82) is 5.26 Å². The second-order valence-electron chi connectivity index (χ2n) is 7.69. The number of anilines is 1. The number of allylic oxidation sites excluding steroid dienone is 3. The summed E-state index contributed by atoms with van der Waals surface area (Å²) in [5.74, 6) is 0.301. The zero-order valence-electron chi connectivity index (χ0n) is 15.1. The molecule has 1 aliphatic heterocycles. The standard InChI is InChI=1S/C20H23N3O2/c1-20(2)9-15(24)18-16(10-20)25-19(22)14(11-21)17(18)12-5-7-13(8-6-12)23(3)4/h5-8,17H,9-10,22H2,1-4H3/t17-/m0/s1. The maximum Gasteiger partial charge on any atom is 0.205 e. The lowest BCUT2D eigenvalue weighted by atomic mass is 9.70. The van der Waals surface area contributed by atoms with Crippen LogP contribution in [-0.4, -0.2) is 19.9 Å². The average Bonchev–Trinajstić information content (AvgIpc) is 2.52. The molecule has 0 fully saturated rings. The first kappa shape index (κ1) is 17.1. The van der Waals surface area contributed by atoms with Crippen LogP contribution in [0.5, 0.6) is 0 Å². The van der Waals surface area contributed by atoms with E-state index < -0.39 is 5.92 Å². The van der Waals surface area contributed by atoms with E-state index in [-0.39, 0.29) is 17.1 Å². The fraction of sp³-hybridized carbons (Fsp3) is 0.400. The van der Waals surface area contributed by atoms with Crippen LogP contribution in [0.2, 0.25) is 0 Å². The van der Waals surface area contributed by atoms with Gasteiger partial charge >= 0.3 is 0 Å². The van der Waals surface area contributed by atoms with Gasteiger partial charge in [-0.3, -0.25) is 4.79 Å². The number of ketones is 1. The molecule has 1 aromatic carbocycles. The molecule has 1 aromatic rings. The molecule has 0 aromatic heterocycles. The number of nitrogens with two attached hydrogens (primary N) is 1. The highest BCUT2D eigenvalue weighted by Crippen LogP contribution is 2.47. The molecule has 0 amide bonds. The molecule has 3 rings (SSSR count). The van der Waals surface area contributed by atoms with E-state index in [0.717, 1.165) is 11.3 Å². The molecule has 130 valence electrons. The van der Waals surface area contributed by atoms with E-state index in [0.29, 0.717) is 29.7 Å². The molecule has 25 heavy (non-hydrogen) atoms. The van der Waals surface area contributed by atoms with Crippen LogP contribution in [-0.2, 0) is 9.53 Å². The van der Waals surface area contributed by atoms with Crippen molar-refractivity contribution < 1.29 is 9.53 Å². The van der Waals surface area contributed by atoms with E-state index >= 15 is 0 Å². The van der Waals surface area contributed by atoms with E-state index in [1.807, 2.05) is 57.1 Å². The van der Waals surface area contributed by atoms with Crippen molar-refractivity contribution in [3.63, 3.8) is 0 Å². The molecule has 0 bridgehead atoms. The van der Waals surface area contributed by atoms with E-state index in [4.69, 9.17) is 10.5 Å². The minimum absolute atomic E-state index is 0.0354. The van der Waals surface area contributed by atoms with Gasteiger partial charge in [-0.2, -0.15) is 5.26 Å². The molecule has 2 aliphatic rings. The third-order valence-corrected chi connectivity index (χ3v) is 4.82. The SMILES string of the molecule is CN(C)c1ccc([C@H]2C(C#N)=C(N)OC3=C2C(=O)CC(C)(C)C3)cc1. The topological polar surface area (TPSA) is 79.3 Å². The summed E-state index contributed by atoms with van der Waals surface area (Å²) in [5.41, 5.74) is 8.68. The maximum atomic E-state index is 12.9. The zero-order chi connectivity index (χ0) is 18.4. The third kappa shape index (κ3) is 3.00. The Hall–Kier alpha value is -2.74. The van der Waals surface area contributed by atoms with Crippen molar-refractivity contribution >= 4 is 11.5 Å². The second-order valence-corrected chi connectivity index (χ2v) is 7.69. The number of nitrogens with zero attached hydrogens (tertiary/aromatic N) is 2. The monoisotopic (exact) mass is 337 g/mol. The molecule has 0 saturated carbocycles. The van der Waals surface area contributed by atoms with Crippen LogP contribution < -0.4 is 10.6 Å². The predicted molar refractivity (Wildman–Crippen MR) is 96.5 cm³/mol. The van der Waals surface area contributed by atoms with Crippen molar-refractivity contribution in [2.75, 3.05) is 19.0 Å². The molecular weight excluding hydrogens is 314 g/mol. The maximum absolute atomic E-state index is 12.9. The Morgan fingerprint density at radius 1 is 1.24 bits per heavy atom. The van der Waals surface area contributed by atoms with Gasteiger partial charge in [-0.25, -0.2) is 0 Å². The largest absolute Gasteiger partial charge is 0.444 e. The Morgan fingerprint density at radius 3 is 2.44 bits per heavy atom. The molecule has 0 saturated heterocycles. The van der Waals surface area contributed by atoms with Crippen LogP contribution in [0.15, 0.2) is 47.1 Å². The van der Waals surface area contributed by atoms with Gasteiger partial charge in [-0.05, 0) is 23.1 Å². The summed E-state index contributed by atoms with van der Waals surface area (Å²) in [6, 6.07) is 10.0. The van der Waals surface area contributed by atoms with Gasteiger partial charge in [-0.1, -0.05) is 26.0 Å². The Labute approximate surface area is 148 Å². The van der Waals surface area contributed by atoms with Crippen molar-refractivity contribution in [2.24, 2.45) is 11.1 Å². The summed E-state index contributed by atoms with van der Waals surface area (Å²) in [7, 11) is 3.94. The van der Waals surface area contributed by atoms with Gasteiger partial charge in [0.1, 0.15) is 17.4 Å². The van der Waals surface area contributed by atoms with Gasteiger partial charge < -0.3 is 15.4 Å². The van der Waals surface area contributed by atoms with Crippen LogP contribution >= 0.6 is 0 Å². The Bertz CT molecular complexity index is 823. The number of carbonyl (C=O) groups excluding carboxylic acids is 1. The number of ether oxygens (including phenoxy) is 1. The molecular formula is C20H23N3O2. The van der Waals surface area contributed by atoms with Gasteiger partial charge in [-0.15, -0.1) is 0 Å². The molecule has 1 atom stereocenters. The Kier molecular flexibility index (Phi) is 4.08. The van der Waals surface area contributed by atoms with E-state index in [9.17, 15) is 10.1 Å². The minimum Gasteiger partial charge on any atom is -0.444 e. The number of Topliss-reactive ketones (excluding diaryl/α,β-unsaturated/α-hetero) is 1. The Balaban J connectivity index is 2.12. The summed E-state index contributed by atoms with van der Waals surface area (Å²) < 4.78 is 5.70. The van der Waals surface area contributed by atoms with Crippen LogP contribution in [0.4, 0.5) is 5.69 Å². The Morgan fingerprint density at radius 2 is 1.88 bits per heavy atom. The van der Waals surface area contributed by atoms with Crippen molar-refractivity contribution in [3.8, 4) is 6.07 Å². The van der Waals surface area contributed by atoms with Gasteiger partial charge in [0.25, 0.3) is 0 Å². The van der Waals surface area contributed by atoms with E-state index in [1.54, 1.807) is 0 Å². The molecule has 2 N–H and O–H groups in total. The average molecular weight is 337 g/mol. The van der Waals surface area contributed by atoms with Crippen LogP contribution in [0.1, 0.15) is 38.2 Å². The molecule has 0 spiro atoms. The van der Waals surface area contributed by atoms with E-state index in [1.165, 1.54) is 0 Å². The summed E-state index contributed by atoms with van der Waals surface area (Å²) >= 11 is 0. The molecule has 0 unspecified atom stereocenters. The quantitative estimate of drug-likeness (QED) is 0.896. The van der Waals surface area contributed by atoms with Gasteiger partial charge in [0.05, 0.1) is 5.92 Å². The molecule has 0 radical (unpaired) electrons. The van der Waals surface area contributed by atoms with Crippen LogP contribution in [0.3, 0.4) is 0 Å². The van der Waals surface area contributed by atoms with Crippen molar-refractivity contribution in [3.05, 3.63) is 52.6 Å². The molecule has 5 nitrogen and oxygen atoms in total. The summed E-state index contributed by atoms with van der Waals surface area (Å²) in [6.45, 7) is 4.08. The van der Waals surface area contributed by atoms with Crippen molar-refractivity contribution in [2.45, 2.75) is 32.6 Å². The van der Waals surface area contributed by atoms with Crippen LogP contribution in [0.25, 0.3) is 0 Å². The lowest BCUT2D eigenvalue weighted by Gasteiger charge is -2.37.